The lowest BCUT2D eigenvalue weighted by molar-refractivity contribution is -0.208. The smallest absolute Gasteiger partial charge is 0.320 e. The molecule has 1 aromatic carbocycles. The van der Waals surface area contributed by atoms with E-state index in [1.807, 2.05) is 21.0 Å². The molecular weight excluding hydrogens is 491 g/mol. The van der Waals surface area contributed by atoms with Gasteiger partial charge in [-0.05, 0) is 68.5 Å². The highest BCUT2D eigenvalue weighted by Crippen LogP contribution is 2.66. The summed E-state index contributed by atoms with van der Waals surface area (Å²) < 4.78 is 13.2. The Hall–Kier alpha value is -1.25. The van der Waals surface area contributed by atoms with Crippen LogP contribution in [0.1, 0.15) is 57.1 Å². The van der Waals surface area contributed by atoms with Crippen LogP contribution < -0.4 is 10.1 Å². The fraction of sp³-hybridized carbons (Fsp3) is 0.731. The Labute approximate surface area is 219 Å². The topological polar surface area (TPSA) is 91.3 Å². The summed E-state index contributed by atoms with van der Waals surface area (Å²) in [5.41, 5.74) is 1.60. The van der Waals surface area contributed by atoms with Gasteiger partial charge in [0, 0.05) is 31.3 Å². The number of carboxylic acids is 1. The number of ether oxygens (including phenoxy) is 2. The summed E-state index contributed by atoms with van der Waals surface area (Å²) in [6.45, 7) is 5.99. The zero-order chi connectivity index (χ0) is 23.1. The molecule has 2 bridgehead atoms. The van der Waals surface area contributed by atoms with Crippen LogP contribution in [0.15, 0.2) is 12.1 Å². The molecule has 6 rings (SSSR count). The number of aliphatic carboxylic acids is 1. The maximum absolute atomic E-state index is 12.0. The first kappa shape index (κ1) is 26.8. The zero-order valence-electron chi connectivity index (χ0n) is 20.7. The average Bonchev–Trinajstić information content (AvgIpc) is 3.53. The second-order valence-corrected chi connectivity index (χ2v) is 11.3. The summed E-state index contributed by atoms with van der Waals surface area (Å²) in [5, 5.41) is 24.1. The largest absolute Gasteiger partial charge is 0.504 e. The van der Waals surface area contributed by atoms with Crippen LogP contribution in [0.4, 0.5) is 0 Å². The van der Waals surface area contributed by atoms with Gasteiger partial charge in [-0.3, -0.25) is 15.0 Å². The van der Waals surface area contributed by atoms with Crippen molar-refractivity contribution in [1.29, 1.82) is 0 Å². The second-order valence-electron chi connectivity index (χ2n) is 11.3. The standard InChI is InChI=1S/C26H36N2O5.2ClH/c1-14(2)21(24(30)31)27-17-8-9-26(32-3)19-12-16-6-7-18(29)22-20(16)25(26,23(17)33-22)10-11-28(19)13-15-4-5-15;;/h6-7,14-15,17,19,21,23,27,29H,4-5,8-13H2,1-3H3,(H,30,31);2*1H/t17-,19-,21-,23+,25+,26-;;/m1../s1. The normalized spacial score (nSPS) is 35.4. The summed E-state index contributed by atoms with van der Waals surface area (Å²) in [4.78, 5) is 14.7. The molecule has 2 saturated carbocycles. The van der Waals surface area contributed by atoms with Gasteiger partial charge in [0.05, 0.1) is 11.0 Å². The Kier molecular flexibility index (Phi) is 7.08. The molecule has 3 aliphatic carbocycles. The van der Waals surface area contributed by atoms with Gasteiger partial charge in [0.25, 0.3) is 0 Å². The van der Waals surface area contributed by atoms with E-state index in [1.54, 1.807) is 6.07 Å². The number of hydrogen-bond donors (Lipinski definition) is 3. The second kappa shape index (κ2) is 9.25. The summed E-state index contributed by atoms with van der Waals surface area (Å²) >= 11 is 0. The summed E-state index contributed by atoms with van der Waals surface area (Å²) in [6.07, 6.45) is 5.83. The van der Waals surface area contributed by atoms with E-state index >= 15 is 0 Å². The van der Waals surface area contributed by atoms with Crippen LogP contribution in [0, 0.1) is 11.8 Å². The first-order chi connectivity index (χ1) is 15.8. The third-order valence-electron chi connectivity index (χ3n) is 9.41. The number of nitrogens with zero attached hydrogens (tertiary/aromatic N) is 1. The van der Waals surface area contributed by atoms with Gasteiger partial charge in [0.1, 0.15) is 12.1 Å². The third kappa shape index (κ3) is 3.60. The van der Waals surface area contributed by atoms with Gasteiger partial charge < -0.3 is 19.7 Å². The lowest BCUT2D eigenvalue weighted by Crippen LogP contribution is -2.79. The first-order valence-corrected chi connectivity index (χ1v) is 12.6. The Bertz CT molecular complexity index is 989. The van der Waals surface area contributed by atoms with Crippen molar-refractivity contribution in [2.45, 2.75) is 87.6 Å². The molecule has 0 radical (unpaired) electrons. The lowest BCUT2D eigenvalue weighted by atomic mass is 9.48. The van der Waals surface area contributed by atoms with Crippen molar-refractivity contribution in [1.82, 2.24) is 10.2 Å². The minimum atomic E-state index is -0.828. The number of hydrogen-bond acceptors (Lipinski definition) is 6. The van der Waals surface area contributed by atoms with Gasteiger partial charge in [-0.1, -0.05) is 19.9 Å². The summed E-state index contributed by atoms with van der Waals surface area (Å²) in [6, 6.07) is 3.34. The fourth-order valence-corrected chi connectivity index (χ4v) is 7.82. The fourth-order valence-electron chi connectivity index (χ4n) is 7.82. The van der Waals surface area contributed by atoms with Crippen molar-refractivity contribution < 1.29 is 24.5 Å². The predicted molar refractivity (Wildman–Crippen MR) is 137 cm³/mol. The molecular formula is C26H38Cl2N2O5. The molecule has 0 unspecified atom stereocenters. The van der Waals surface area contributed by atoms with Crippen molar-refractivity contribution in [2.75, 3.05) is 20.2 Å². The SMILES string of the molecule is CO[C@@]12CC[C@@H](N[C@@H](C(=O)O)C(C)C)[C@@H]3Oc4c(O)ccc5c4[C@@]31CCN(CC1CC1)[C@@H]2C5.Cl.Cl. The Morgan fingerprint density at radius 1 is 1.26 bits per heavy atom. The monoisotopic (exact) mass is 528 g/mol. The molecule has 1 saturated heterocycles. The van der Waals surface area contributed by atoms with Gasteiger partial charge in [0.2, 0.25) is 0 Å². The molecule has 0 aromatic heterocycles. The van der Waals surface area contributed by atoms with E-state index in [2.05, 4.69) is 16.3 Å². The van der Waals surface area contributed by atoms with Crippen molar-refractivity contribution in [2.24, 2.45) is 11.8 Å². The maximum Gasteiger partial charge on any atom is 0.320 e. The lowest BCUT2D eigenvalue weighted by Gasteiger charge is -2.66. The number of nitrogens with one attached hydrogen (secondary N) is 1. The first-order valence-electron chi connectivity index (χ1n) is 12.6. The van der Waals surface area contributed by atoms with Gasteiger partial charge in [-0.2, -0.15) is 0 Å². The van der Waals surface area contributed by atoms with Crippen LogP contribution in [0.2, 0.25) is 0 Å². The van der Waals surface area contributed by atoms with E-state index < -0.39 is 17.6 Å². The molecule has 6 atom stereocenters. The number of piperidine rings is 1. The van der Waals surface area contributed by atoms with Crippen LogP contribution in [0.3, 0.4) is 0 Å². The summed E-state index contributed by atoms with van der Waals surface area (Å²) in [5.74, 6) is 0.713. The quantitative estimate of drug-likeness (QED) is 0.498. The van der Waals surface area contributed by atoms with E-state index in [4.69, 9.17) is 9.47 Å². The average molecular weight is 530 g/mol. The highest BCUT2D eigenvalue weighted by Gasteiger charge is 2.74. The molecule has 7 nitrogen and oxygen atoms in total. The van der Waals surface area contributed by atoms with E-state index in [0.29, 0.717) is 5.75 Å². The number of benzene rings is 1. The van der Waals surface area contributed by atoms with E-state index in [1.165, 1.54) is 18.4 Å². The maximum atomic E-state index is 12.0. The molecule has 0 amide bonds. The Balaban J connectivity index is 0.00000144. The molecule has 1 aromatic rings. The van der Waals surface area contributed by atoms with E-state index in [-0.39, 0.29) is 60.1 Å². The minimum Gasteiger partial charge on any atom is -0.504 e. The Morgan fingerprint density at radius 2 is 2.00 bits per heavy atom. The molecule has 2 heterocycles. The van der Waals surface area contributed by atoms with Crippen molar-refractivity contribution in [3.8, 4) is 11.5 Å². The highest BCUT2D eigenvalue weighted by molar-refractivity contribution is 5.85. The van der Waals surface area contributed by atoms with Crippen molar-refractivity contribution >= 4 is 30.8 Å². The van der Waals surface area contributed by atoms with Crippen LogP contribution in [0.25, 0.3) is 0 Å². The zero-order valence-corrected chi connectivity index (χ0v) is 22.3. The number of rotatable bonds is 7. The highest BCUT2D eigenvalue weighted by atomic mass is 35.5. The van der Waals surface area contributed by atoms with Crippen LogP contribution in [0.5, 0.6) is 11.5 Å². The van der Waals surface area contributed by atoms with Crippen molar-refractivity contribution in [3.63, 3.8) is 0 Å². The molecule has 2 aliphatic heterocycles. The number of halogens is 2. The van der Waals surface area contributed by atoms with Crippen LogP contribution >= 0.6 is 24.8 Å². The Morgan fingerprint density at radius 3 is 2.63 bits per heavy atom. The molecule has 9 heteroatoms. The number of phenols is 1. The number of carbonyl (C=O) groups is 1. The number of aromatic hydroxyl groups is 1. The molecule has 3 N–H and O–H groups in total. The molecule has 35 heavy (non-hydrogen) atoms. The van der Waals surface area contributed by atoms with Gasteiger partial charge in [-0.25, -0.2) is 0 Å². The number of likely N-dealkylation sites (tertiary alicyclic amines) is 1. The minimum absolute atomic E-state index is 0. The van der Waals surface area contributed by atoms with Gasteiger partial charge >= 0.3 is 5.97 Å². The number of carboxylic acid groups (broad SMARTS) is 1. The van der Waals surface area contributed by atoms with E-state index in [0.717, 1.165) is 50.3 Å². The molecule has 196 valence electrons. The van der Waals surface area contributed by atoms with Crippen molar-refractivity contribution in [3.05, 3.63) is 23.3 Å². The van der Waals surface area contributed by atoms with Crippen LogP contribution in [-0.4, -0.2) is 71.1 Å². The summed E-state index contributed by atoms with van der Waals surface area (Å²) in [7, 11) is 1.85. The molecule has 1 spiro atoms. The predicted octanol–water partition coefficient (Wildman–Crippen LogP) is 3.52. The van der Waals surface area contributed by atoms with E-state index in [9.17, 15) is 15.0 Å². The van der Waals surface area contributed by atoms with Crippen LogP contribution in [-0.2, 0) is 21.4 Å². The molecule has 5 aliphatic rings. The number of phenolic OH excluding ortho intramolecular Hbond substituents is 1. The third-order valence-corrected chi connectivity index (χ3v) is 9.41. The van der Waals surface area contributed by atoms with Gasteiger partial charge in [-0.15, -0.1) is 24.8 Å². The molecule has 3 fully saturated rings. The number of methoxy groups -OCH3 is 1. The van der Waals surface area contributed by atoms with Gasteiger partial charge in [0.15, 0.2) is 11.5 Å².